The molecule has 3 N–H and O–H groups in total. The average Bonchev–Trinajstić information content (AvgIpc) is 3.52. The van der Waals surface area contributed by atoms with E-state index in [1.807, 2.05) is 35.7 Å². The lowest BCUT2D eigenvalue weighted by molar-refractivity contribution is 0.0931. The van der Waals surface area contributed by atoms with Gasteiger partial charge in [-0.1, -0.05) is 18.2 Å². The molecule has 8 heteroatoms. The fourth-order valence-corrected chi connectivity index (χ4v) is 4.74. The molecule has 1 aliphatic carbocycles. The molecule has 3 aromatic heterocycles. The van der Waals surface area contributed by atoms with Gasteiger partial charge in [0.25, 0.3) is 5.91 Å². The number of aromatic nitrogens is 4. The number of aromatic amines is 1. The van der Waals surface area contributed by atoms with Crippen molar-refractivity contribution in [2.45, 2.75) is 31.7 Å². The van der Waals surface area contributed by atoms with Crippen LogP contribution in [0.25, 0.3) is 11.0 Å². The molecule has 0 bridgehead atoms. The Balaban J connectivity index is 1.07. The van der Waals surface area contributed by atoms with Gasteiger partial charge in [-0.05, 0) is 36.6 Å². The van der Waals surface area contributed by atoms with E-state index in [1.54, 1.807) is 6.20 Å². The number of rotatable bonds is 8. The summed E-state index contributed by atoms with van der Waals surface area (Å²) in [4.78, 5) is 29.5. The van der Waals surface area contributed by atoms with Gasteiger partial charge in [0.2, 0.25) is 0 Å². The number of nitrogens with one attached hydrogen (secondary N) is 3. The zero-order chi connectivity index (χ0) is 21.0. The maximum absolute atomic E-state index is 12.6. The summed E-state index contributed by atoms with van der Waals surface area (Å²) in [6, 6.07) is 12.1. The average molecular weight is 433 g/mol. The summed E-state index contributed by atoms with van der Waals surface area (Å²) in [5.41, 5.74) is 4.78. The summed E-state index contributed by atoms with van der Waals surface area (Å²) in [7, 11) is 0. The topological polar surface area (TPSA) is 95.6 Å². The molecule has 4 aromatic rings. The second-order valence-electron chi connectivity index (χ2n) is 7.69. The molecule has 0 saturated heterocycles. The van der Waals surface area contributed by atoms with Gasteiger partial charge in [-0.15, -0.1) is 11.3 Å². The van der Waals surface area contributed by atoms with Crippen LogP contribution in [0, 0.1) is 0 Å². The number of nitrogens with zero attached hydrogens (tertiary/aromatic N) is 3. The largest absolute Gasteiger partial charge is 0.342 e. The van der Waals surface area contributed by atoms with E-state index in [-0.39, 0.29) is 11.9 Å². The van der Waals surface area contributed by atoms with Gasteiger partial charge in [0.1, 0.15) is 11.5 Å². The molecule has 5 rings (SSSR count). The van der Waals surface area contributed by atoms with Gasteiger partial charge >= 0.3 is 0 Å². The first kappa shape index (κ1) is 19.8. The summed E-state index contributed by atoms with van der Waals surface area (Å²) in [5, 5.41) is 9.32. The number of aryl methyl sites for hydroxylation is 1. The molecule has 1 aliphatic rings. The molecule has 7 nitrogen and oxygen atoms in total. The highest BCUT2D eigenvalue weighted by atomic mass is 32.1. The number of fused-ring (bicyclic) bond motifs is 2. The minimum absolute atomic E-state index is 0.0197. The predicted molar refractivity (Wildman–Crippen MR) is 121 cm³/mol. The van der Waals surface area contributed by atoms with Crippen LogP contribution in [0.5, 0.6) is 0 Å². The molecular weight excluding hydrogens is 408 g/mol. The number of hydrogen-bond acceptors (Lipinski definition) is 6. The summed E-state index contributed by atoms with van der Waals surface area (Å²) >= 11 is 1.53. The number of benzene rings is 1. The van der Waals surface area contributed by atoms with Gasteiger partial charge in [-0.25, -0.2) is 9.97 Å². The summed E-state index contributed by atoms with van der Waals surface area (Å²) in [6.45, 7) is 1.65. The van der Waals surface area contributed by atoms with E-state index < -0.39 is 0 Å². The lowest BCUT2D eigenvalue weighted by Gasteiger charge is -2.11. The highest BCUT2D eigenvalue weighted by Crippen LogP contribution is 2.29. The Kier molecular flexibility index (Phi) is 5.73. The summed E-state index contributed by atoms with van der Waals surface area (Å²) in [5.74, 6) is 0.869. The number of H-pyrrole nitrogens is 1. The van der Waals surface area contributed by atoms with Crippen molar-refractivity contribution in [2.75, 3.05) is 13.1 Å². The Hall–Kier alpha value is -3.10. The molecule has 1 unspecified atom stereocenters. The number of pyridine rings is 1. The maximum Gasteiger partial charge on any atom is 0.271 e. The van der Waals surface area contributed by atoms with E-state index in [0.29, 0.717) is 5.69 Å². The number of para-hydroxylation sites is 2. The highest BCUT2D eigenvalue weighted by Gasteiger charge is 2.26. The van der Waals surface area contributed by atoms with Gasteiger partial charge in [-0.2, -0.15) is 0 Å². The Morgan fingerprint density at radius 2 is 2.03 bits per heavy atom. The van der Waals surface area contributed by atoms with E-state index in [0.717, 1.165) is 66.3 Å². The van der Waals surface area contributed by atoms with Crippen molar-refractivity contribution >= 4 is 28.3 Å². The SMILES string of the molecule is O=C(NC1CCc2cccnc21)c1csc(CCNCCc2nc3ccccc3[nH]2)n1. The molecular formula is C23H24N6OS. The van der Waals surface area contributed by atoms with Gasteiger partial charge in [0.05, 0.1) is 27.8 Å². The lowest BCUT2D eigenvalue weighted by Crippen LogP contribution is -2.28. The van der Waals surface area contributed by atoms with E-state index in [1.165, 1.54) is 16.9 Å². The van der Waals surface area contributed by atoms with Crippen LogP contribution in [0.4, 0.5) is 0 Å². The molecule has 158 valence electrons. The number of carbonyl (C=O) groups is 1. The molecule has 0 fully saturated rings. The molecule has 0 radical (unpaired) electrons. The zero-order valence-electron chi connectivity index (χ0n) is 17.1. The molecule has 1 aromatic carbocycles. The maximum atomic E-state index is 12.6. The molecule has 31 heavy (non-hydrogen) atoms. The van der Waals surface area contributed by atoms with Crippen LogP contribution in [-0.2, 0) is 19.3 Å². The Bertz CT molecular complexity index is 1170. The standard InChI is InChI=1S/C23H24N6OS/c30-23(29-18-8-7-15-4-3-11-25-22(15)18)19-14-31-21(28-19)10-13-24-12-9-20-26-16-5-1-2-6-17(16)27-20/h1-6,11,14,18,24H,7-10,12-13H2,(H,26,27)(H,29,30). The van der Waals surface area contributed by atoms with Crippen molar-refractivity contribution in [2.24, 2.45) is 0 Å². The molecule has 0 saturated carbocycles. The Morgan fingerprint density at radius 3 is 2.97 bits per heavy atom. The van der Waals surface area contributed by atoms with Crippen LogP contribution >= 0.6 is 11.3 Å². The molecule has 1 amide bonds. The fraction of sp³-hybridized carbons (Fsp3) is 0.304. The second kappa shape index (κ2) is 8.95. The minimum atomic E-state index is -0.121. The molecule has 0 aliphatic heterocycles. The predicted octanol–water partition coefficient (Wildman–Crippen LogP) is 3.21. The van der Waals surface area contributed by atoms with Gasteiger partial charge in [0, 0.05) is 37.5 Å². The van der Waals surface area contributed by atoms with E-state index in [2.05, 4.69) is 36.6 Å². The zero-order valence-corrected chi connectivity index (χ0v) is 17.9. The first-order valence-corrected chi connectivity index (χ1v) is 11.5. The Morgan fingerprint density at radius 1 is 1.13 bits per heavy atom. The van der Waals surface area contributed by atoms with Crippen molar-refractivity contribution in [3.8, 4) is 0 Å². The van der Waals surface area contributed by atoms with Crippen molar-refractivity contribution in [3.05, 3.63) is 75.8 Å². The third-order valence-electron chi connectivity index (χ3n) is 5.54. The summed E-state index contributed by atoms with van der Waals surface area (Å²) < 4.78 is 0. The van der Waals surface area contributed by atoms with Gasteiger partial charge in [0.15, 0.2) is 0 Å². The van der Waals surface area contributed by atoms with Crippen LogP contribution in [0.1, 0.15) is 45.0 Å². The first-order chi connectivity index (χ1) is 15.3. The Labute approximate surface area is 184 Å². The van der Waals surface area contributed by atoms with Gasteiger partial charge in [-0.3, -0.25) is 9.78 Å². The molecule has 0 spiro atoms. The number of thiazole rings is 1. The van der Waals surface area contributed by atoms with E-state index >= 15 is 0 Å². The van der Waals surface area contributed by atoms with E-state index in [9.17, 15) is 4.79 Å². The third-order valence-corrected chi connectivity index (χ3v) is 6.45. The van der Waals surface area contributed by atoms with Gasteiger partial charge < -0.3 is 15.6 Å². The fourth-order valence-electron chi connectivity index (χ4n) is 3.97. The number of amides is 1. The van der Waals surface area contributed by atoms with Crippen LogP contribution in [0.3, 0.4) is 0 Å². The smallest absolute Gasteiger partial charge is 0.271 e. The van der Waals surface area contributed by atoms with E-state index in [4.69, 9.17) is 0 Å². The molecule has 3 heterocycles. The normalized spacial score (nSPS) is 15.3. The second-order valence-corrected chi connectivity index (χ2v) is 8.63. The van der Waals surface area contributed by atoms with Crippen LogP contribution in [-0.4, -0.2) is 38.9 Å². The third kappa shape index (κ3) is 4.50. The summed E-state index contributed by atoms with van der Waals surface area (Å²) in [6.07, 6.45) is 5.27. The van der Waals surface area contributed by atoms with Crippen molar-refractivity contribution in [1.29, 1.82) is 0 Å². The van der Waals surface area contributed by atoms with Crippen LogP contribution < -0.4 is 10.6 Å². The van der Waals surface area contributed by atoms with Crippen molar-refractivity contribution < 1.29 is 4.79 Å². The lowest BCUT2D eigenvalue weighted by atomic mass is 10.2. The minimum Gasteiger partial charge on any atom is -0.342 e. The van der Waals surface area contributed by atoms with Crippen molar-refractivity contribution in [1.82, 2.24) is 30.6 Å². The van der Waals surface area contributed by atoms with Crippen molar-refractivity contribution in [3.63, 3.8) is 0 Å². The first-order valence-electron chi connectivity index (χ1n) is 10.6. The number of imidazole rings is 1. The molecule has 1 atom stereocenters. The quantitative estimate of drug-likeness (QED) is 0.372. The van der Waals surface area contributed by atoms with Crippen LogP contribution in [0.15, 0.2) is 48.0 Å². The highest BCUT2D eigenvalue weighted by molar-refractivity contribution is 7.09. The monoisotopic (exact) mass is 432 g/mol. The number of carbonyl (C=O) groups excluding carboxylic acids is 1. The number of hydrogen-bond donors (Lipinski definition) is 3. The van der Waals surface area contributed by atoms with Crippen LogP contribution in [0.2, 0.25) is 0 Å².